The number of carbonyl (C=O) groups is 1. The molecule has 0 unspecified atom stereocenters. The van der Waals surface area contributed by atoms with Crippen LogP contribution >= 0.6 is 0 Å². The fourth-order valence-corrected chi connectivity index (χ4v) is 1.55. The van der Waals surface area contributed by atoms with Crippen LogP contribution in [0.5, 0.6) is 0 Å². The molecule has 104 valence electrons. The average molecular weight is 285 g/mol. The van der Waals surface area contributed by atoms with Gasteiger partial charge in [-0.2, -0.15) is 4.98 Å². The molecule has 0 saturated heterocycles. The van der Waals surface area contributed by atoms with Gasteiger partial charge in [-0.1, -0.05) is 5.16 Å². The molecule has 21 heavy (non-hydrogen) atoms. The van der Waals surface area contributed by atoms with Gasteiger partial charge in [0.05, 0.1) is 6.20 Å². The highest BCUT2D eigenvalue weighted by molar-refractivity contribution is 6.01. The molecule has 0 aliphatic heterocycles. The van der Waals surface area contributed by atoms with E-state index in [2.05, 4.69) is 25.4 Å². The molecule has 7 nitrogen and oxygen atoms in total. The largest absolute Gasteiger partial charge is 0.328 e. The lowest BCUT2D eigenvalue weighted by molar-refractivity contribution is 0.0981. The first-order valence-electron chi connectivity index (χ1n) is 5.89. The Morgan fingerprint density at radius 3 is 2.71 bits per heavy atom. The number of amides is 1. The average Bonchev–Trinajstić information content (AvgIpc) is 3.00. The van der Waals surface area contributed by atoms with Gasteiger partial charge in [-0.3, -0.25) is 9.78 Å². The monoisotopic (exact) mass is 285 g/mol. The predicted octanol–water partition coefficient (Wildman–Crippen LogP) is 1.92. The lowest BCUT2D eigenvalue weighted by Gasteiger charge is -2.00. The van der Waals surface area contributed by atoms with Crippen molar-refractivity contribution in [1.29, 1.82) is 0 Å². The predicted molar refractivity (Wildman–Crippen MR) is 69.7 cm³/mol. The highest BCUT2D eigenvalue weighted by Crippen LogP contribution is 2.13. The number of halogens is 1. The van der Waals surface area contributed by atoms with Crippen LogP contribution in [-0.4, -0.2) is 26.0 Å². The van der Waals surface area contributed by atoms with Gasteiger partial charge >= 0.3 is 11.8 Å². The molecule has 8 heteroatoms. The van der Waals surface area contributed by atoms with Gasteiger partial charge in [-0.15, -0.1) is 0 Å². The minimum absolute atomic E-state index is 0.160. The van der Waals surface area contributed by atoms with E-state index in [0.29, 0.717) is 11.4 Å². The summed E-state index contributed by atoms with van der Waals surface area (Å²) < 4.78 is 17.6. The Hall–Kier alpha value is -3.16. The van der Waals surface area contributed by atoms with E-state index in [1.165, 1.54) is 42.9 Å². The van der Waals surface area contributed by atoms with Crippen molar-refractivity contribution in [3.05, 3.63) is 54.6 Å². The minimum Gasteiger partial charge on any atom is -0.328 e. The maximum absolute atomic E-state index is 12.8. The number of hydrogen-bond donors (Lipinski definition) is 1. The van der Waals surface area contributed by atoms with Crippen LogP contribution in [0.25, 0.3) is 11.5 Å². The number of carbonyl (C=O) groups excluding carboxylic acids is 1. The number of nitrogens with one attached hydrogen (secondary N) is 1. The fraction of sp³-hybridized carbons (Fsp3) is 0. The summed E-state index contributed by atoms with van der Waals surface area (Å²) in [5.74, 6) is -1.05. The second-order valence-corrected chi connectivity index (χ2v) is 3.97. The maximum Gasteiger partial charge on any atom is 0.316 e. The van der Waals surface area contributed by atoms with E-state index in [4.69, 9.17) is 4.52 Å². The smallest absolute Gasteiger partial charge is 0.316 e. The molecule has 1 aromatic carbocycles. The molecule has 0 bridgehead atoms. The van der Waals surface area contributed by atoms with Crippen LogP contribution in [-0.2, 0) is 0 Å². The van der Waals surface area contributed by atoms with Gasteiger partial charge in [0.25, 0.3) is 0 Å². The summed E-state index contributed by atoms with van der Waals surface area (Å²) in [7, 11) is 0. The summed E-state index contributed by atoms with van der Waals surface area (Å²) in [4.78, 5) is 23.7. The molecule has 0 fully saturated rings. The van der Waals surface area contributed by atoms with Gasteiger partial charge in [-0.25, -0.2) is 9.37 Å². The normalized spacial score (nSPS) is 10.3. The van der Waals surface area contributed by atoms with Crippen molar-refractivity contribution in [2.45, 2.75) is 0 Å². The zero-order valence-corrected chi connectivity index (χ0v) is 10.5. The molecule has 0 radical (unpaired) electrons. The third-order valence-electron chi connectivity index (χ3n) is 2.51. The molecule has 0 spiro atoms. The third-order valence-corrected chi connectivity index (χ3v) is 2.51. The van der Waals surface area contributed by atoms with Crippen LogP contribution in [0.2, 0.25) is 0 Å². The Kier molecular flexibility index (Phi) is 3.34. The number of aromatic nitrogens is 4. The van der Waals surface area contributed by atoms with E-state index in [1.807, 2.05) is 0 Å². The van der Waals surface area contributed by atoms with E-state index >= 15 is 0 Å². The topological polar surface area (TPSA) is 93.8 Å². The minimum atomic E-state index is -0.593. The van der Waals surface area contributed by atoms with E-state index in [1.54, 1.807) is 0 Å². The van der Waals surface area contributed by atoms with Crippen LogP contribution in [0.4, 0.5) is 10.1 Å². The summed E-state index contributed by atoms with van der Waals surface area (Å²) in [5.41, 5.74) is 0.808. The lowest BCUT2D eigenvalue weighted by Crippen LogP contribution is -2.12. The summed E-state index contributed by atoms with van der Waals surface area (Å²) in [6.07, 6.45) is 4.43. The van der Waals surface area contributed by atoms with Crippen LogP contribution in [0.3, 0.4) is 0 Å². The van der Waals surface area contributed by atoms with Crippen LogP contribution in [0, 0.1) is 5.82 Å². The van der Waals surface area contributed by atoms with Crippen molar-refractivity contribution in [2.75, 3.05) is 5.32 Å². The third kappa shape index (κ3) is 2.89. The summed E-state index contributed by atoms with van der Waals surface area (Å²) in [6.45, 7) is 0. The molecule has 2 heterocycles. The van der Waals surface area contributed by atoms with Crippen LogP contribution in [0.15, 0.2) is 47.4 Å². The van der Waals surface area contributed by atoms with Gasteiger partial charge < -0.3 is 9.84 Å². The first kappa shape index (κ1) is 12.9. The van der Waals surface area contributed by atoms with Crippen molar-refractivity contribution >= 4 is 11.6 Å². The number of nitrogens with zero attached hydrogens (tertiary/aromatic N) is 4. The zero-order chi connectivity index (χ0) is 14.7. The van der Waals surface area contributed by atoms with Crippen molar-refractivity contribution in [2.24, 2.45) is 0 Å². The second kappa shape index (κ2) is 5.45. The molecule has 0 saturated carbocycles. The molecular weight excluding hydrogens is 277 g/mol. The lowest BCUT2D eigenvalue weighted by atomic mass is 10.3. The Morgan fingerprint density at radius 1 is 1.19 bits per heavy atom. The molecule has 0 aliphatic carbocycles. The first-order chi connectivity index (χ1) is 10.2. The molecule has 1 N–H and O–H groups in total. The summed E-state index contributed by atoms with van der Waals surface area (Å²) >= 11 is 0. The van der Waals surface area contributed by atoms with Crippen molar-refractivity contribution in [3.8, 4) is 11.5 Å². The van der Waals surface area contributed by atoms with Gasteiger partial charge in [0.15, 0.2) is 0 Å². The second-order valence-electron chi connectivity index (χ2n) is 3.97. The molecule has 1 amide bonds. The van der Waals surface area contributed by atoms with Gasteiger partial charge in [-0.05, 0) is 24.3 Å². The number of rotatable bonds is 3. The van der Waals surface area contributed by atoms with E-state index < -0.39 is 11.7 Å². The van der Waals surface area contributed by atoms with E-state index in [-0.39, 0.29) is 11.7 Å². The van der Waals surface area contributed by atoms with E-state index in [0.717, 1.165) is 0 Å². The highest BCUT2D eigenvalue weighted by Gasteiger charge is 2.17. The Bertz CT molecular complexity index is 758. The molecule has 0 atom stereocenters. The summed E-state index contributed by atoms with van der Waals surface area (Å²) in [6, 6.07) is 5.31. The van der Waals surface area contributed by atoms with Crippen molar-refractivity contribution < 1.29 is 13.7 Å². The van der Waals surface area contributed by atoms with Gasteiger partial charge in [0.1, 0.15) is 11.5 Å². The quantitative estimate of drug-likeness (QED) is 0.790. The van der Waals surface area contributed by atoms with Crippen LogP contribution in [0.1, 0.15) is 10.7 Å². The molecular formula is C13H8FN5O2. The fourth-order valence-electron chi connectivity index (χ4n) is 1.55. The van der Waals surface area contributed by atoms with Gasteiger partial charge in [0.2, 0.25) is 5.82 Å². The Labute approximate surface area is 117 Å². The summed E-state index contributed by atoms with van der Waals surface area (Å²) in [5, 5.41) is 6.17. The first-order valence-corrected chi connectivity index (χ1v) is 5.89. The standard InChI is InChI=1S/C13H8FN5O2/c14-8-1-3-9(4-2-8)17-12(20)13-18-11(19-21-13)10-7-15-5-6-16-10/h1-7H,(H,17,20). The van der Waals surface area contributed by atoms with Crippen molar-refractivity contribution in [3.63, 3.8) is 0 Å². The maximum atomic E-state index is 12.8. The Morgan fingerprint density at radius 2 is 2.00 bits per heavy atom. The number of hydrogen-bond acceptors (Lipinski definition) is 6. The Balaban J connectivity index is 1.77. The van der Waals surface area contributed by atoms with Crippen molar-refractivity contribution in [1.82, 2.24) is 20.1 Å². The molecule has 3 rings (SSSR count). The highest BCUT2D eigenvalue weighted by atomic mass is 19.1. The number of benzene rings is 1. The number of anilines is 1. The molecule has 2 aromatic heterocycles. The molecule has 0 aliphatic rings. The molecule has 3 aromatic rings. The van der Waals surface area contributed by atoms with Gasteiger partial charge in [0, 0.05) is 18.1 Å². The SMILES string of the molecule is O=C(Nc1ccc(F)cc1)c1nc(-c2cnccn2)no1. The zero-order valence-electron chi connectivity index (χ0n) is 10.5. The van der Waals surface area contributed by atoms with Crippen LogP contribution < -0.4 is 5.32 Å². The van der Waals surface area contributed by atoms with E-state index in [9.17, 15) is 9.18 Å².